The maximum atomic E-state index is 13.0. The monoisotopic (exact) mass is 435 g/mol. The molecule has 1 saturated heterocycles. The van der Waals surface area contributed by atoms with Crippen LogP contribution in [0, 0.1) is 15.9 Å². The van der Waals surface area contributed by atoms with E-state index < -0.39 is 26.7 Å². The molecule has 0 atom stereocenters. The number of halogens is 1. The van der Waals surface area contributed by atoms with E-state index in [9.17, 15) is 27.7 Å². The number of hydrogen-bond acceptors (Lipinski definition) is 6. The normalized spacial score (nSPS) is 17.3. The highest BCUT2D eigenvalue weighted by molar-refractivity contribution is 8.19. The lowest BCUT2D eigenvalue weighted by Gasteiger charge is -2.11. The van der Waals surface area contributed by atoms with Crippen molar-refractivity contribution in [2.75, 3.05) is 6.54 Å². The first-order valence-corrected chi connectivity index (χ1v) is 10.5. The van der Waals surface area contributed by atoms with Gasteiger partial charge in [0, 0.05) is 18.7 Å². The lowest BCUT2D eigenvalue weighted by Crippen LogP contribution is -2.29. The zero-order valence-corrected chi connectivity index (χ0v) is 16.6. The number of hydrogen-bond donors (Lipinski definition) is 0. The molecule has 1 fully saturated rings. The molecule has 0 bridgehead atoms. The van der Waals surface area contributed by atoms with Gasteiger partial charge in [-0.1, -0.05) is 0 Å². The average Bonchev–Trinajstić information content (AvgIpc) is 2.96. The Morgan fingerprint density at radius 1 is 1.17 bits per heavy atom. The molecule has 1 aliphatic rings. The number of amides is 1. The fourth-order valence-corrected chi connectivity index (χ4v) is 4.71. The summed E-state index contributed by atoms with van der Waals surface area (Å²) in [5.74, 6) is -1.01. The molecule has 0 saturated carbocycles. The molecule has 3 rings (SSSR count). The molecule has 0 N–H and O–H groups in total. The van der Waals surface area contributed by atoms with Crippen LogP contribution in [0.4, 0.5) is 10.1 Å². The summed E-state index contributed by atoms with van der Waals surface area (Å²) in [6, 6.07) is 9.80. The van der Waals surface area contributed by atoms with Crippen LogP contribution in [0.15, 0.2) is 62.7 Å². The Kier molecular flexibility index (Phi) is 5.80. The molecule has 11 heteroatoms. The van der Waals surface area contributed by atoms with Crippen LogP contribution >= 0.6 is 11.8 Å². The number of amidine groups is 1. The molecule has 1 aliphatic heterocycles. The van der Waals surface area contributed by atoms with Crippen molar-refractivity contribution in [3.8, 4) is 0 Å². The lowest BCUT2D eigenvalue weighted by atomic mass is 10.2. The van der Waals surface area contributed by atoms with Gasteiger partial charge in [-0.2, -0.15) is 8.42 Å². The first-order chi connectivity index (χ1) is 13.7. The number of rotatable bonds is 5. The van der Waals surface area contributed by atoms with Crippen molar-refractivity contribution in [3.63, 3.8) is 0 Å². The van der Waals surface area contributed by atoms with Crippen LogP contribution in [0.2, 0.25) is 0 Å². The highest BCUT2D eigenvalue weighted by Gasteiger charge is 2.34. The first kappa shape index (κ1) is 20.7. The minimum absolute atomic E-state index is 0.0185. The molecule has 0 unspecified atom stereocenters. The van der Waals surface area contributed by atoms with Gasteiger partial charge in [0.2, 0.25) is 0 Å². The molecule has 0 aliphatic carbocycles. The van der Waals surface area contributed by atoms with E-state index in [1.54, 1.807) is 6.92 Å². The maximum Gasteiger partial charge on any atom is 0.284 e. The van der Waals surface area contributed by atoms with E-state index in [0.29, 0.717) is 5.56 Å². The maximum absolute atomic E-state index is 13.0. The van der Waals surface area contributed by atoms with Gasteiger partial charge in [-0.3, -0.25) is 19.8 Å². The second kappa shape index (κ2) is 8.13. The van der Waals surface area contributed by atoms with Gasteiger partial charge in [0.25, 0.3) is 21.6 Å². The fourth-order valence-electron chi connectivity index (χ4n) is 2.46. The van der Waals surface area contributed by atoms with Gasteiger partial charge in [-0.05, 0) is 66.7 Å². The average molecular weight is 435 g/mol. The topological polar surface area (TPSA) is 110 Å². The number of benzene rings is 2. The van der Waals surface area contributed by atoms with Gasteiger partial charge in [0.15, 0.2) is 5.17 Å². The van der Waals surface area contributed by atoms with Gasteiger partial charge in [0.1, 0.15) is 5.82 Å². The Labute approximate surface area is 170 Å². The van der Waals surface area contributed by atoms with Crippen LogP contribution in [-0.2, 0) is 14.8 Å². The quantitative estimate of drug-likeness (QED) is 0.404. The van der Waals surface area contributed by atoms with Crippen molar-refractivity contribution < 1.29 is 22.5 Å². The van der Waals surface area contributed by atoms with E-state index >= 15 is 0 Å². The molecule has 2 aromatic rings. The highest BCUT2D eigenvalue weighted by Crippen LogP contribution is 2.33. The Bertz CT molecular complexity index is 1130. The third-order valence-electron chi connectivity index (χ3n) is 3.92. The first-order valence-electron chi connectivity index (χ1n) is 8.27. The van der Waals surface area contributed by atoms with Gasteiger partial charge in [-0.15, -0.1) is 4.40 Å². The van der Waals surface area contributed by atoms with Crippen LogP contribution in [0.5, 0.6) is 0 Å². The van der Waals surface area contributed by atoms with Crippen LogP contribution in [0.3, 0.4) is 0 Å². The number of thioether (sulfide) groups is 1. The predicted octanol–water partition coefficient (Wildman–Crippen LogP) is 3.42. The minimum Gasteiger partial charge on any atom is -0.286 e. The van der Waals surface area contributed by atoms with Gasteiger partial charge in [-0.25, -0.2) is 4.39 Å². The highest BCUT2D eigenvalue weighted by atomic mass is 32.2. The summed E-state index contributed by atoms with van der Waals surface area (Å²) < 4.78 is 41.8. The third kappa shape index (κ3) is 4.51. The van der Waals surface area contributed by atoms with Crippen molar-refractivity contribution in [1.29, 1.82) is 0 Å². The number of likely N-dealkylation sites (N-methyl/N-ethyl adjacent to an activating group) is 1. The van der Waals surface area contributed by atoms with Crippen molar-refractivity contribution in [2.24, 2.45) is 4.40 Å². The van der Waals surface area contributed by atoms with Crippen LogP contribution in [0.25, 0.3) is 6.08 Å². The molecule has 8 nitrogen and oxygen atoms in total. The van der Waals surface area contributed by atoms with Crippen molar-refractivity contribution in [1.82, 2.24) is 4.90 Å². The van der Waals surface area contributed by atoms with Crippen LogP contribution < -0.4 is 0 Å². The minimum atomic E-state index is -4.13. The van der Waals surface area contributed by atoms with Gasteiger partial charge in [0.05, 0.1) is 14.7 Å². The van der Waals surface area contributed by atoms with E-state index in [1.807, 2.05) is 0 Å². The largest absolute Gasteiger partial charge is 0.286 e. The summed E-state index contributed by atoms with van der Waals surface area (Å²) in [6.07, 6.45) is 1.51. The zero-order valence-electron chi connectivity index (χ0n) is 15.0. The number of nitrogens with zero attached hydrogens (tertiary/aromatic N) is 3. The Morgan fingerprint density at radius 3 is 2.34 bits per heavy atom. The molecule has 150 valence electrons. The SMILES string of the molecule is CCN1C(=O)C(=Cc2ccc([N+](=O)[O-])cc2)SC1=NS(=O)(=O)c1ccc(F)cc1. The van der Waals surface area contributed by atoms with E-state index in [4.69, 9.17) is 0 Å². The number of carbonyl (C=O) groups excluding carboxylic acids is 1. The number of sulfonamides is 1. The molecule has 0 spiro atoms. The second-order valence-electron chi connectivity index (χ2n) is 5.81. The number of nitro groups is 1. The summed E-state index contributed by atoms with van der Waals surface area (Å²) >= 11 is 0.882. The van der Waals surface area contributed by atoms with Gasteiger partial charge < -0.3 is 0 Å². The standard InChI is InChI=1S/C18H14FN3O5S2/c1-2-21-17(23)16(11-12-3-7-14(8-4-12)22(24)25)28-18(21)20-29(26,27)15-9-5-13(19)6-10-15/h3-11H,2H2,1H3. The number of nitro benzene ring substituents is 1. The summed E-state index contributed by atoms with van der Waals surface area (Å²) in [6.45, 7) is 1.87. The predicted molar refractivity (Wildman–Crippen MR) is 107 cm³/mol. The lowest BCUT2D eigenvalue weighted by molar-refractivity contribution is -0.384. The Hall–Kier alpha value is -3.05. The zero-order chi connectivity index (χ0) is 21.2. The van der Waals surface area contributed by atoms with E-state index in [1.165, 1.54) is 35.2 Å². The number of non-ortho nitro benzene ring substituents is 1. The summed E-state index contributed by atoms with van der Waals surface area (Å²) in [5, 5.41) is 10.7. The molecular weight excluding hydrogens is 421 g/mol. The van der Waals surface area contributed by atoms with Crippen LogP contribution in [0.1, 0.15) is 12.5 Å². The van der Waals surface area contributed by atoms with E-state index in [-0.39, 0.29) is 27.2 Å². The van der Waals surface area contributed by atoms with E-state index in [2.05, 4.69) is 4.40 Å². The molecule has 1 heterocycles. The summed E-state index contributed by atoms with van der Waals surface area (Å²) in [5.41, 5.74) is 0.463. The third-order valence-corrected chi connectivity index (χ3v) is 6.32. The summed E-state index contributed by atoms with van der Waals surface area (Å²) in [7, 11) is -4.13. The van der Waals surface area contributed by atoms with Crippen molar-refractivity contribution >= 4 is 44.6 Å². The fraction of sp³-hybridized carbons (Fsp3) is 0.111. The smallest absolute Gasteiger partial charge is 0.284 e. The number of carbonyl (C=O) groups is 1. The molecular formula is C18H14FN3O5S2. The Balaban J connectivity index is 1.93. The Morgan fingerprint density at radius 2 is 1.79 bits per heavy atom. The van der Waals surface area contributed by atoms with Gasteiger partial charge >= 0.3 is 0 Å². The van der Waals surface area contributed by atoms with Crippen molar-refractivity contribution in [2.45, 2.75) is 11.8 Å². The summed E-state index contributed by atoms with van der Waals surface area (Å²) in [4.78, 5) is 24.0. The second-order valence-corrected chi connectivity index (χ2v) is 8.42. The molecule has 29 heavy (non-hydrogen) atoms. The van der Waals surface area contributed by atoms with Crippen LogP contribution in [-0.4, -0.2) is 35.9 Å². The molecule has 2 aromatic carbocycles. The molecule has 0 radical (unpaired) electrons. The van der Waals surface area contributed by atoms with E-state index in [0.717, 1.165) is 36.0 Å². The molecule has 1 amide bonds. The van der Waals surface area contributed by atoms with Crippen molar-refractivity contribution in [3.05, 3.63) is 74.9 Å². The molecule has 0 aromatic heterocycles.